The highest BCUT2D eigenvalue weighted by Gasteiger charge is 2.20. The molecular formula is C40H22N6. The first kappa shape index (κ1) is 25.7. The monoisotopic (exact) mass is 586 g/mol. The fraction of sp³-hybridized carbons (Fsp3) is 0. The first-order valence-electron chi connectivity index (χ1n) is 15.0. The van der Waals surface area contributed by atoms with Crippen LogP contribution in [0.4, 0.5) is 0 Å². The summed E-state index contributed by atoms with van der Waals surface area (Å²) in [6, 6.07) is 49.2. The minimum absolute atomic E-state index is 0.632. The molecule has 9 aromatic rings. The Bertz CT molecular complexity index is 2640. The molecule has 0 radical (unpaired) electrons. The molecule has 0 N–H and O–H groups in total. The van der Waals surface area contributed by atoms with Crippen molar-refractivity contribution in [1.82, 2.24) is 18.9 Å². The van der Waals surface area contributed by atoms with E-state index in [-0.39, 0.29) is 0 Å². The van der Waals surface area contributed by atoms with Crippen molar-refractivity contribution >= 4 is 49.4 Å². The van der Waals surface area contributed by atoms with E-state index < -0.39 is 0 Å². The summed E-state index contributed by atoms with van der Waals surface area (Å²) in [5.74, 6) is 0.764. The van der Waals surface area contributed by atoms with E-state index in [0.29, 0.717) is 11.1 Å². The van der Waals surface area contributed by atoms with Gasteiger partial charge < -0.3 is 0 Å². The van der Waals surface area contributed by atoms with E-state index in [1.54, 1.807) is 0 Å². The van der Waals surface area contributed by atoms with E-state index in [0.717, 1.165) is 77.6 Å². The Balaban J connectivity index is 1.39. The number of aromatic nitrogens is 4. The molecule has 0 saturated carbocycles. The molecule has 0 spiro atoms. The molecule has 0 unspecified atom stereocenters. The zero-order valence-corrected chi connectivity index (χ0v) is 24.4. The van der Waals surface area contributed by atoms with Gasteiger partial charge in [-0.25, -0.2) is 9.97 Å². The normalized spacial score (nSPS) is 11.4. The molecular weight excluding hydrogens is 564 g/mol. The summed E-state index contributed by atoms with van der Waals surface area (Å²) >= 11 is 0. The number of fused-ring (bicyclic) bond motifs is 8. The van der Waals surface area contributed by atoms with E-state index in [1.807, 2.05) is 84.9 Å². The average molecular weight is 587 g/mol. The predicted molar refractivity (Wildman–Crippen MR) is 183 cm³/mol. The largest absolute Gasteiger partial charge is 0.279 e. The van der Waals surface area contributed by atoms with Crippen molar-refractivity contribution in [2.75, 3.05) is 0 Å². The standard InChI is InChI=1S/C40H22N6/c41-23-25-9-13-27(14-10-25)29-17-19-36-32(21-29)33-22-30(28-15-11-26(24-42)12-16-28)18-20-37(33)45(36)40-44-34-6-2-1-5-31(34)39-43-35-7-3-4-8-38(35)46(39)40/h1-22H. The molecule has 0 aliphatic rings. The van der Waals surface area contributed by atoms with Crippen molar-refractivity contribution in [3.8, 4) is 40.3 Å². The van der Waals surface area contributed by atoms with Gasteiger partial charge in [0.1, 0.15) is 5.65 Å². The Hall–Kier alpha value is -6.76. The number of para-hydroxylation sites is 3. The summed E-state index contributed by atoms with van der Waals surface area (Å²) in [4.78, 5) is 10.4. The molecule has 0 saturated heterocycles. The number of nitrogens with zero attached hydrogens (tertiary/aromatic N) is 6. The zero-order valence-electron chi connectivity index (χ0n) is 24.4. The summed E-state index contributed by atoms with van der Waals surface area (Å²) in [5, 5.41) is 21.8. The Morgan fingerprint density at radius 2 is 0.978 bits per heavy atom. The van der Waals surface area contributed by atoms with Crippen LogP contribution in [0, 0.1) is 22.7 Å². The van der Waals surface area contributed by atoms with Crippen molar-refractivity contribution in [1.29, 1.82) is 10.5 Å². The second-order valence-corrected chi connectivity index (χ2v) is 11.4. The second kappa shape index (κ2) is 9.89. The molecule has 0 fully saturated rings. The van der Waals surface area contributed by atoms with Gasteiger partial charge in [0.2, 0.25) is 5.95 Å². The van der Waals surface area contributed by atoms with Gasteiger partial charge in [-0.15, -0.1) is 0 Å². The second-order valence-electron chi connectivity index (χ2n) is 11.4. The van der Waals surface area contributed by atoms with Crippen LogP contribution in [0.2, 0.25) is 0 Å². The first-order valence-corrected chi connectivity index (χ1v) is 15.0. The number of imidazole rings is 1. The van der Waals surface area contributed by atoms with Gasteiger partial charge in [-0.3, -0.25) is 8.97 Å². The van der Waals surface area contributed by atoms with Crippen LogP contribution in [-0.4, -0.2) is 18.9 Å². The van der Waals surface area contributed by atoms with Crippen LogP contribution in [0.3, 0.4) is 0 Å². The molecule has 0 aliphatic carbocycles. The topological polar surface area (TPSA) is 82.7 Å². The molecule has 9 rings (SSSR count). The van der Waals surface area contributed by atoms with Gasteiger partial charge in [0, 0.05) is 16.2 Å². The molecule has 0 amide bonds. The van der Waals surface area contributed by atoms with Gasteiger partial charge in [0.05, 0.1) is 50.8 Å². The molecule has 0 aliphatic heterocycles. The van der Waals surface area contributed by atoms with Crippen molar-refractivity contribution in [2.45, 2.75) is 0 Å². The third-order valence-electron chi connectivity index (χ3n) is 8.79. The van der Waals surface area contributed by atoms with Gasteiger partial charge in [0.25, 0.3) is 0 Å². The third kappa shape index (κ3) is 3.81. The van der Waals surface area contributed by atoms with Gasteiger partial charge in [-0.05, 0) is 95.1 Å². The van der Waals surface area contributed by atoms with E-state index in [9.17, 15) is 10.5 Å². The van der Waals surface area contributed by atoms with E-state index in [1.165, 1.54) is 0 Å². The maximum atomic E-state index is 9.33. The van der Waals surface area contributed by atoms with Crippen LogP contribution in [0.5, 0.6) is 0 Å². The van der Waals surface area contributed by atoms with Gasteiger partial charge in [0.15, 0.2) is 0 Å². The molecule has 0 bridgehead atoms. The van der Waals surface area contributed by atoms with Crippen LogP contribution >= 0.6 is 0 Å². The van der Waals surface area contributed by atoms with E-state index >= 15 is 0 Å². The predicted octanol–water partition coefficient (Wildman–Crippen LogP) is 9.21. The molecule has 6 nitrogen and oxygen atoms in total. The molecule has 0 atom stereocenters. The lowest BCUT2D eigenvalue weighted by molar-refractivity contribution is 0.979. The summed E-state index contributed by atoms with van der Waals surface area (Å²) in [6.45, 7) is 0. The summed E-state index contributed by atoms with van der Waals surface area (Å²) in [6.07, 6.45) is 0. The molecule has 6 heteroatoms. The van der Waals surface area contributed by atoms with Crippen LogP contribution < -0.4 is 0 Å². The Morgan fingerprint density at radius 1 is 0.457 bits per heavy atom. The molecule has 46 heavy (non-hydrogen) atoms. The highest BCUT2D eigenvalue weighted by atomic mass is 15.2. The van der Waals surface area contributed by atoms with Crippen LogP contribution in [0.25, 0.3) is 77.6 Å². The Labute approximate surface area is 263 Å². The molecule has 6 aromatic carbocycles. The van der Waals surface area contributed by atoms with Gasteiger partial charge in [-0.1, -0.05) is 60.7 Å². The molecule has 3 heterocycles. The lowest BCUT2D eigenvalue weighted by Crippen LogP contribution is -2.06. The molecule has 3 aromatic heterocycles. The fourth-order valence-corrected chi connectivity index (χ4v) is 6.55. The number of benzene rings is 6. The lowest BCUT2D eigenvalue weighted by atomic mass is 9.99. The molecule has 212 valence electrons. The van der Waals surface area contributed by atoms with Gasteiger partial charge in [-0.2, -0.15) is 10.5 Å². The number of hydrogen-bond acceptors (Lipinski definition) is 4. The minimum atomic E-state index is 0.632. The van der Waals surface area contributed by atoms with Crippen LogP contribution in [-0.2, 0) is 0 Å². The summed E-state index contributed by atoms with van der Waals surface area (Å²) < 4.78 is 4.41. The Morgan fingerprint density at radius 3 is 1.57 bits per heavy atom. The van der Waals surface area contributed by atoms with E-state index in [4.69, 9.17) is 9.97 Å². The maximum Gasteiger partial charge on any atom is 0.221 e. The first-order chi connectivity index (χ1) is 22.7. The van der Waals surface area contributed by atoms with Crippen LogP contribution in [0.1, 0.15) is 11.1 Å². The SMILES string of the molecule is N#Cc1ccc(-c2ccc3c(c2)c2cc(-c4ccc(C#N)cc4)ccc2n3-c2nc3ccccc3c3nc4ccccc4n23)cc1. The summed E-state index contributed by atoms with van der Waals surface area (Å²) in [5.41, 5.74) is 11.1. The lowest BCUT2D eigenvalue weighted by Gasteiger charge is -2.13. The maximum absolute atomic E-state index is 9.33. The van der Waals surface area contributed by atoms with Crippen molar-refractivity contribution < 1.29 is 0 Å². The summed E-state index contributed by atoms with van der Waals surface area (Å²) in [7, 11) is 0. The highest BCUT2D eigenvalue weighted by Crippen LogP contribution is 2.38. The number of rotatable bonds is 3. The zero-order chi connectivity index (χ0) is 30.8. The smallest absolute Gasteiger partial charge is 0.221 e. The third-order valence-corrected chi connectivity index (χ3v) is 8.79. The Kier molecular flexibility index (Phi) is 5.53. The number of hydrogen-bond donors (Lipinski definition) is 0. The highest BCUT2D eigenvalue weighted by molar-refractivity contribution is 6.12. The van der Waals surface area contributed by atoms with E-state index in [2.05, 4.69) is 69.6 Å². The quantitative estimate of drug-likeness (QED) is 0.207. The van der Waals surface area contributed by atoms with Crippen LogP contribution in [0.15, 0.2) is 133 Å². The minimum Gasteiger partial charge on any atom is -0.279 e. The number of nitriles is 2. The average Bonchev–Trinajstić information content (AvgIpc) is 3.67. The fourth-order valence-electron chi connectivity index (χ4n) is 6.55. The van der Waals surface area contributed by atoms with Crippen molar-refractivity contribution in [2.24, 2.45) is 0 Å². The van der Waals surface area contributed by atoms with Gasteiger partial charge >= 0.3 is 0 Å². The van der Waals surface area contributed by atoms with Crippen molar-refractivity contribution in [3.63, 3.8) is 0 Å². The van der Waals surface area contributed by atoms with Crippen molar-refractivity contribution in [3.05, 3.63) is 145 Å².